The van der Waals surface area contributed by atoms with Crippen molar-refractivity contribution in [2.45, 2.75) is 13.3 Å². The molecule has 36 heavy (non-hydrogen) atoms. The van der Waals surface area contributed by atoms with Crippen molar-refractivity contribution in [2.24, 2.45) is 9.06 Å². The van der Waals surface area contributed by atoms with Gasteiger partial charge in [0.15, 0.2) is 0 Å². The van der Waals surface area contributed by atoms with Crippen molar-refractivity contribution in [3.05, 3.63) is 58.9 Å². The summed E-state index contributed by atoms with van der Waals surface area (Å²) in [5.74, 6) is 1.37. The molecule has 12 heteroatoms. The van der Waals surface area contributed by atoms with Gasteiger partial charge in [-0.15, -0.1) is 0 Å². The topological polar surface area (TPSA) is 118 Å². The number of carbonyl (C=O) groups excluding carboxylic acids is 1. The van der Waals surface area contributed by atoms with E-state index in [2.05, 4.69) is 23.7 Å². The normalized spacial score (nSPS) is 13.6. The lowest BCUT2D eigenvalue weighted by molar-refractivity contribution is -0.125. The Morgan fingerprint density at radius 3 is 2.89 bits per heavy atom. The highest BCUT2D eigenvalue weighted by Gasteiger charge is 2.14. The van der Waals surface area contributed by atoms with Crippen molar-refractivity contribution >= 4 is 68.5 Å². The van der Waals surface area contributed by atoms with E-state index in [0.717, 1.165) is 11.4 Å². The molecule has 0 spiro atoms. The molecule has 3 aromatic rings. The van der Waals surface area contributed by atoms with Gasteiger partial charge in [-0.3, -0.25) is 4.79 Å². The molecule has 2 heterocycles. The molecular weight excluding hydrogens is 617 g/mol. The zero-order valence-corrected chi connectivity index (χ0v) is 23.1. The van der Waals surface area contributed by atoms with Crippen LogP contribution in [0.2, 0.25) is 5.02 Å². The number of halogens is 2. The van der Waals surface area contributed by atoms with E-state index in [-0.39, 0.29) is 44.7 Å². The molecule has 2 aromatic carbocycles. The Hall–Kier alpha value is -2.48. The highest BCUT2D eigenvalue weighted by Crippen LogP contribution is 2.36. The lowest BCUT2D eigenvalue weighted by atomic mass is 10.1. The van der Waals surface area contributed by atoms with Gasteiger partial charge < -0.3 is 25.2 Å². The molecule has 0 bridgehead atoms. The van der Waals surface area contributed by atoms with Crippen LogP contribution >= 0.6 is 40.2 Å². The van der Waals surface area contributed by atoms with Crippen LogP contribution in [0.1, 0.15) is 13.3 Å². The van der Waals surface area contributed by atoms with Gasteiger partial charge in [0.25, 0.3) is 0 Å². The highest BCUT2D eigenvalue weighted by molar-refractivity contribution is 14.2. The first-order valence-electron chi connectivity index (χ1n) is 11.2. The van der Waals surface area contributed by atoms with Crippen molar-refractivity contribution in [3.8, 4) is 11.5 Å². The number of benzene rings is 2. The fourth-order valence-electron chi connectivity index (χ4n) is 3.33. The number of rotatable bonds is 12. The van der Waals surface area contributed by atoms with E-state index in [1.807, 2.05) is 35.7 Å². The number of fused-ring (bicyclic) bond motifs is 1. The van der Waals surface area contributed by atoms with E-state index >= 15 is 0 Å². The Balaban J connectivity index is 1.43. The Morgan fingerprint density at radius 1 is 1.22 bits per heavy atom. The van der Waals surface area contributed by atoms with E-state index in [4.69, 9.17) is 26.2 Å². The first-order valence-corrected chi connectivity index (χ1v) is 16.0. The molecular formula is C24H25ClIN5O4S. The maximum absolute atomic E-state index is 12.0. The molecule has 0 saturated heterocycles. The predicted molar refractivity (Wildman–Crippen MR) is 151 cm³/mol. The molecule has 0 saturated carbocycles. The van der Waals surface area contributed by atoms with Crippen LogP contribution in [0.25, 0.3) is 10.9 Å². The second-order valence-electron chi connectivity index (χ2n) is 7.84. The Kier molecular flexibility index (Phi) is 9.73. The molecule has 0 unspecified atom stereocenters. The average Bonchev–Trinajstić information content (AvgIpc) is 3.40. The molecule has 190 valence electrons. The van der Waals surface area contributed by atoms with Crippen molar-refractivity contribution in [2.75, 3.05) is 31.7 Å². The van der Waals surface area contributed by atoms with Crippen molar-refractivity contribution < 1.29 is 19.4 Å². The lowest BCUT2D eigenvalue weighted by Crippen LogP contribution is -2.32. The molecule has 0 fully saturated rings. The summed E-state index contributed by atoms with van der Waals surface area (Å²) >= 11 is 6.29. The maximum Gasteiger partial charge on any atom is 0.223 e. The number of aromatic nitrogens is 2. The minimum absolute atomic E-state index is 0.0213. The molecule has 1 aliphatic rings. The van der Waals surface area contributed by atoms with Gasteiger partial charge in [0.2, 0.25) is 5.91 Å². The highest BCUT2D eigenvalue weighted by atomic mass is 127. The summed E-state index contributed by atoms with van der Waals surface area (Å²) in [6.07, 6.45) is 1.91. The van der Waals surface area contributed by atoms with E-state index in [9.17, 15) is 4.79 Å². The number of aliphatic hydroxyl groups excluding tert-OH is 1. The standard InChI is InChI=1S/C24H25ClIN5O4S/c1-15(7-9-32)24(33)27-8-10-34-21-4-2-3-19-22(21)23(29-14-28-19)30-16-5-6-20(18(25)11-16)35-12-17-13-36-26-31-17/h2-6,11,13-15,32H,7-10,12H2,1H3,(H,27,33)(H,28,29,30)/t15-/m0/s1. The summed E-state index contributed by atoms with van der Waals surface area (Å²) in [7, 11) is 1.75. The minimum Gasteiger partial charge on any atom is -0.491 e. The van der Waals surface area contributed by atoms with Gasteiger partial charge in [-0.25, -0.2) is 13.1 Å². The molecule has 0 radical (unpaired) electrons. The Labute approximate surface area is 226 Å². The molecule has 9 nitrogen and oxygen atoms in total. The number of amides is 1. The smallest absolute Gasteiger partial charge is 0.223 e. The fraction of sp³-hybridized carbons (Fsp3) is 0.292. The first-order chi connectivity index (χ1) is 17.5. The van der Waals surface area contributed by atoms with Gasteiger partial charge in [-0.1, -0.05) is 24.6 Å². The van der Waals surface area contributed by atoms with Gasteiger partial charge in [0, 0.05) is 23.6 Å². The van der Waals surface area contributed by atoms with Crippen molar-refractivity contribution in [1.29, 1.82) is 0 Å². The SMILES string of the molecule is C[C@@H](CCO)C(=O)NCCOc1cccc2ncnc(Nc3ccc(OCC4=CSI=N4)c(Cl)c3)c12. The molecule has 3 N–H and O–H groups in total. The van der Waals surface area contributed by atoms with E-state index < -0.39 is 0 Å². The summed E-state index contributed by atoms with van der Waals surface area (Å²) in [6.45, 7) is 2.76. The Morgan fingerprint density at radius 2 is 2.11 bits per heavy atom. The summed E-state index contributed by atoms with van der Waals surface area (Å²) in [6, 6.07) is 11.0. The van der Waals surface area contributed by atoms with E-state index in [0.29, 0.717) is 52.8 Å². The van der Waals surface area contributed by atoms with Crippen LogP contribution in [0.5, 0.6) is 11.5 Å². The van der Waals surface area contributed by atoms with Crippen LogP contribution in [0.15, 0.2) is 57.0 Å². The third kappa shape index (κ3) is 7.05. The number of anilines is 2. The van der Waals surface area contributed by atoms with Gasteiger partial charge in [0.1, 0.15) is 36.9 Å². The molecule has 1 atom stereocenters. The monoisotopic (exact) mass is 641 g/mol. The zero-order chi connectivity index (χ0) is 25.3. The zero-order valence-electron chi connectivity index (χ0n) is 19.4. The van der Waals surface area contributed by atoms with E-state index in [1.54, 1.807) is 21.9 Å². The minimum atomic E-state index is -0.254. The third-order valence-electron chi connectivity index (χ3n) is 5.23. The van der Waals surface area contributed by atoms with Gasteiger partial charge >= 0.3 is 0 Å². The summed E-state index contributed by atoms with van der Waals surface area (Å²) in [5, 5.41) is 18.3. The number of hydrogen-bond acceptors (Lipinski definition) is 9. The van der Waals surface area contributed by atoms with Gasteiger partial charge in [-0.2, -0.15) is 0 Å². The van der Waals surface area contributed by atoms with Crippen LogP contribution in [0.3, 0.4) is 0 Å². The number of aliphatic hydroxyl groups is 1. The second kappa shape index (κ2) is 13.2. The fourth-order valence-corrected chi connectivity index (χ4v) is 6.74. The van der Waals surface area contributed by atoms with Crippen LogP contribution in [-0.2, 0) is 4.79 Å². The first kappa shape index (κ1) is 26.6. The number of nitrogens with one attached hydrogen (secondary N) is 2. The van der Waals surface area contributed by atoms with Crippen molar-refractivity contribution in [3.63, 3.8) is 0 Å². The van der Waals surface area contributed by atoms with Crippen LogP contribution in [-0.4, -0.2) is 47.3 Å². The van der Waals surface area contributed by atoms with Gasteiger partial charge in [0.05, 0.1) is 47.8 Å². The summed E-state index contributed by atoms with van der Waals surface area (Å²) in [4.78, 5) is 20.8. The number of hydrogen-bond donors (Lipinski definition) is 3. The largest absolute Gasteiger partial charge is 0.491 e. The molecule has 0 aliphatic carbocycles. The molecule has 4 rings (SSSR count). The molecule has 1 aromatic heterocycles. The summed E-state index contributed by atoms with van der Waals surface area (Å²) in [5.41, 5.74) is 2.40. The number of carbonyl (C=O) groups is 1. The van der Waals surface area contributed by atoms with Gasteiger partial charge in [-0.05, 0) is 45.7 Å². The molecule has 1 aliphatic heterocycles. The average molecular weight is 642 g/mol. The predicted octanol–water partition coefficient (Wildman–Crippen LogP) is 5.58. The number of nitrogens with zero attached hydrogens (tertiary/aromatic N) is 3. The van der Waals surface area contributed by atoms with E-state index in [1.165, 1.54) is 6.33 Å². The van der Waals surface area contributed by atoms with Crippen molar-refractivity contribution in [1.82, 2.24) is 15.3 Å². The van der Waals surface area contributed by atoms with Crippen LogP contribution < -0.4 is 20.1 Å². The molecule has 1 amide bonds. The Bertz CT molecular complexity index is 1290. The lowest BCUT2D eigenvalue weighted by Gasteiger charge is -2.15. The van der Waals surface area contributed by atoms with Crippen LogP contribution in [0.4, 0.5) is 11.5 Å². The quantitative estimate of drug-likeness (QED) is 0.173. The third-order valence-corrected chi connectivity index (χ3v) is 8.69. The van der Waals surface area contributed by atoms with Crippen LogP contribution in [0, 0.1) is 5.92 Å². The maximum atomic E-state index is 12.0. The summed E-state index contributed by atoms with van der Waals surface area (Å²) < 4.78 is 16.2. The second-order valence-corrected chi connectivity index (χ2v) is 12.0. The number of ether oxygens (including phenoxy) is 2.